The van der Waals surface area contributed by atoms with Crippen LogP contribution in [0.25, 0.3) is 56.2 Å². The maximum Gasteiger partial charge on any atom is 0.338 e. The molecule has 0 atom stereocenters. The quantitative estimate of drug-likeness (QED) is 0.0906. The number of imidazole rings is 4. The number of hydrogen-bond donors (Lipinski definition) is 0. The van der Waals surface area contributed by atoms with Gasteiger partial charge in [-0.15, -0.1) is 0 Å². The summed E-state index contributed by atoms with van der Waals surface area (Å²) < 4.78 is 19.4. The number of carbonyl (C=O) groups excluding carboxylic acids is 2. The standard InChI is InChI=1S/C48H46N10O4/c1-53-37(31-55-25-7-8-26-55)29-49-45(53)33-15-19-35(20-16-33)57-41-13-5-3-11-39(41)51-47(57)61-43(59)23-24-44(60)62-48-52-40-12-4-6-14-42(40)58(48)36-21-17-34(18-22-36)46-50-30-38(54(46)2)32-56-27-9-10-28-56/h3-6,11-24,29-30H,7-10,25-28,31-32H2,1-2H3/b24-23+. The van der Waals surface area contributed by atoms with Crippen molar-refractivity contribution in [3.63, 3.8) is 0 Å². The molecule has 2 aliphatic heterocycles. The predicted molar refractivity (Wildman–Crippen MR) is 236 cm³/mol. The second-order valence-corrected chi connectivity index (χ2v) is 15.9. The number of hydrogen-bond acceptors (Lipinski definition) is 10. The Bertz CT molecular complexity index is 2740. The summed E-state index contributed by atoms with van der Waals surface area (Å²) in [4.78, 5) is 50.3. The Balaban J connectivity index is 0.850. The number of aromatic nitrogens is 8. The highest BCUT2D eigenvalue weighted by Gasteiger charge is 2.21. The van der Waals surface area contributed by atoms with Gasteiger partial charge in [-0.25, -0.2) is 19.6 Å². The molecule has 14 nitrogen and oxygen atoms in total. The molecule has 0 saturated carbocycles. The first-order chi connectivity index (χ1) is 30.4. The maximum atomic E-state index is 13.3. The van der Waals surface area contributed by atoms with E-state index in [1.807, 2.05) is 109 Å². The van der Waals surface area contributed by atoms with E-state index >= 15 is 0 Å². The molecule has 0 spiro atoms. The molecule has 0 N–H and O–H groups in total. The average Bonchev–Trinajstić information content (AvgIpc) is 4.17. The molecular weight excluding hydrogens is 781 g/mol. The van der Waals surface area contributed by atoms with E-state index in [1.54, 1.807) is 9.13 Å². The van der Waals surface area contributed by atoms with Gasteiger partial charge in [0.1, 0.15) is 11.6 Å². The third kappa shape index (κ3) is 7.70. The molecule has 10 rings (SSSR count). The Morgan fingerprint density at radius 1 is 0.548 bits per heavy atom. The van der Waals surface area contributed by atoms with Crippen molar-refractivity contribution in [2.24, 2.45) is 14.1 Å². The van der Waals surface area contributed by atoms with E-state index in [9.17, 15) is 9.59 Å². The first-order valence-corrected chi connectivity index (χ1v) is 21.1. The van der Waals surface area contributed by atoms with Crippen molar-refractivity contribution in [1.29, 1.82) is 0 Å². The number of para-hydroxylation sites is 4. The summed E-state index contributed by atoms with van der Waals surface area (Å²) in [6.45, 7) is 6.24. The summed E-state index contributed by atoms with van der Waals surface area (Å²) in [5, 5.41) is 0. The van der Waals surface area contributed by atoms with Gasteiger partial charge in [-0.3, -0.25) is 18.9 Å². The molecule has 0 radical (unpaired) electrons. The van der Waals surface area contributed by atoms with E-state index in [2.05, 4.69) is 43.0 Å². The van der Waals surface area contributed by atoms with Crippen LogP contribution in [0, 0.1) is 0 Å². The molecule has 6 heterocycles. The lowest BCUT2D eigenvalue weighted by Crippen LogP contribution is -2.20. The van der Waals surface area contributed by atoms with E-state index in [4.69, 9.17) is 19.4 Å². The fraction of sp³-hybridized carbons (Fsp3) is 0.250. The van der Waals surface area contributed by atoms with Gasteiger partial charge in [-0.1, -0.05) is 24.3 Å². The van der Waals surface area contributed by atoms with Crippen molar-refractivity contribution in [2.45, 2.75) is 38.8 Å². The third-order valence-electron chi connectivity index (χ3n) is 11.9. The summed E-state index contributed by atoms with van der Waals surface area (Å²) in [5.41, 5.74) is 8.56. The zero-order valence-electron chi connectivity index (χ0n) is 34.7. The number of fused-ring (bicyclic) bond motifs is 2. The molecule has 312 valence electrons. The van der Waals surface area contributed by atoms with Crippen LogP contribution in [0.5, 0.6) is 12.0 Å². The van der Waals surface area contributed by atoms with Crippen LogP contribution in [0.3, 0.4) is 0 Å². The van der Waals surface area contributed by atoms with E-state index in [-0.39, 0.29) is 12.0 Å². The number of benzene rings is 4. The molecule has 14 heteroatoms. The number of ether oxygens (including phenoxy) is 2. The summed E-state index contributed by atoms with van der Waals surface area (Å²) in [6, 6.07) is 31.0. The Morgan fingerprint density at radius 3 is 1.34 bits per heavy atom. The molecular formula is C48H46N10O4. The Morgan fingerprint density at radius 2 is 0.935 bits per heavy atom. The predicted octanol–water partition coefficient (Wildman–Crippen LogP) is 7.42. The smallest absolute Gasteiger partial charge is 0.338 e. The zero-order chi connectivity index (χ0) is 42.2. The van der Waals surface area contributed by atoms with Crippen molar-refractivity contribution >= 4 is 34.0 Å². The summed E-state index contributed by atoms with van der Waals surface area (Å²) in [7, 11) is 4.10. The zero-order valence-corrected chi connectivity index (χ0v) is 34.7. The highest BCUT2D eigenvalue weighted by molar-refractivity contribution is 5.94. The first kappa shape index (κ1) is 39.0. The molecule has 4 aromatic carbocycles. The highest BCUT2D eigenvalue weighted by Crippen LogP contribution is 2.31. The number of rotatable bonds is 12. The third-order valence-corrected chi connectivity index (χ3v) is 11.9. The van der Waals surface area contributed by atoms with Gasteiger partial charge in [0.15, 0.2) is 0 Å². The van der Waals surface area contributed by atoms with Crippen molar-refractivity contribution in [3.8, 4) is 46.2 Å². The number of nitrogens with zero attached hydrogens (tertiary/aromatic N) is 10. The second kappa shape index (κ2) is 16.7. The van der Waals surface area contributed by atoms with Crippen molar-refractivity contribution < 1.29 is 19.1 Å². The van der Waals surface area contributed by atoms with Gasteiger partial charge in [0.05, 0.1) is 57.2 Å². The monoisotopic (exact) mass is 826 g/mol. The van der Waals surface area contributed by atoms with E-state index in [0.29, 0.717) is 11.0 Å². The SMILES string of the molecule is Cn1c(CN2CCCC2)cnc1-c1ccc(-n2c(OC(=O)/C=C/C(=O)Oc3nc4ccccc4n3-c3ccc(-c4ncc(CN5CCCC5)n4C)cc3)nc3ccccc32)cc1. The topological polar surface area (TPSA) is 130 Å². The van der Waals surface area contributed by atoms with Crippen LogP contribution >= 0.6 is 0 Å². The number of likely N-dealkylation sites (tertiary alicyclic amines) is 2. The van der Waals surface area contributed by atoms with Crippen LogP contribution < -0.4 is 9.47 Å². The summed E-state index contributed by atoms with van der Waals surface area (Å²) >= 11 is 0. The van der Waals surface area contributed by atoms with Crippen LogP contribution in [0.4, 0.5) is 0 Å². The van der Waals surface area contributed by atoms with Crippen LogP contribution in [0.15, 0.2) is 122 Å². The fourth-order valence-electron chi connectivity index (χ4n) is 8.61. The Labute approximate surface area is 358 Å². The van der Waals surface area contributed by atoms with Gasteiger partial charge >= 0.3 is 24.0 Å². The average molecular weight is 827 g/mol. The molecule has 0 amide bonds. The van der Waals surface area contributed by atoms with E-state index < -0.39 is 11.9 Å². The van der Waals surface area contributed by atoms with E-state index in [1.165, 1.54) is 37.1 Å². The largest absolute Gasteiger partial charge is 0.388 e. The Kier molecular flexibility index (Phi) is 10.5. The Hall–Kier alpha value is -7.16. The summed E-state index contributed by atoms with van der Waals surface area (Å²) in [6.07, 6.45) is 10.9. The lowest BCUT2D eigenvalue weighted by Gasteiger charge is -2.15. The van der Waals surface area contributed by atoms with Crippen molar-refractivity contribution in [1.82, 2.24) is 48.0 Å². The normalized spacial score (nSPS) is 14.8. The number of esters is 2. The molecule has 0 bridgehead atoms. The van der Waals surface area contributed by atoms with Gasteiger partial charge in [0.25, 0.3) is 0 Å². The lowest BCUT2D eigenvalue weighted by molar-refractivity contribution is -0.132. The van der Waals surface area contributed by atoms with Crippen molar-refractivity contribution in [3.05, 3.63) is 133 Å². The minimum atomic E-state index is -0.796. The molecule has 0 aliphatic carbocycles. The minimum absolute atomic E-state index is 0.0606. The van der Waals surface area contributed by atoms with Crippen molar-refractivity contribution in [2.75, 3.05) is 26.2 Å². The first-order valence-electron chi connectivity index (χ1n) is 21.1. The fourth-order valence-corrected chi connectivity index (χ4v) is 8.61. The molecule has 62 heavy (non-hydrogen) atoms. The molecule has 0 unspecified atom stereocenters. The van der Waals surface area contributed by atoms with Gasteiger partial charge in [0, 0.05) is 50.5 Å². The lowest BCUT2D eigenvalue weighted by atomic mass is 10.2. The molecule has 2 aliphatic rings. The van der Waals surface area contributed by atoms with Gasteiger partial charge in [-0.2, -0.15) is 9.97 Å². The van der Waals surface area contributed by atoms with Gasteiger partial charge in [-0.05, 0) is 125 Å². The number of carbonyl (C=O) groups is 2. The summed E-state index contributed by atoms with van der Waals surface area (Å²) in [5.74, 6) is 0.160. The van der Waals surface area contributed by atoms with Gasteiger partial charge < -0.3 is 18.6 Å². The molecule has 2 fully saturated rings. The maximum absolute atomic E-state index is 13.3. The molecule has 4 aromatic heterocycles. The van der Waals surface area contributed by atoms with Crippen LogP contribution in [0.1, 0.15) is 37.1 Å². The second-order valence-electron chi connectivity index (χ2n) is 15.9. The van der Waals surface area contributed by atoms with Crippen LogP contribution in [0.2, 0.25) is 0 Å². The highest BCUT2D eigenvalue weighted by atomic mass is 16.6. The minimum Gasteiger partial charge on any atom is -0.388 e. The van der Waals surface area contributed by atoms with Crippen LogP contribution in [-0.4, -0.2) is 86.1 Å². The van der Waals surface area contributed by atoms with Gasteiger partial charge in [0.2, 0.25) is 0 Å². The van der Waals surface area contributed by atoms with E-state index in [0.717, 1.165) is 96.6 Å². The molecule has 2 saturated heterocycles. The van der Waals surface area contributed by atoms with Crippen LogP contribution in [-0.2, 0) is 36.8 Å². The molecule has 8 aromatic rings.